The third-order valence-electron chi connectivity index (χ3n) is 11.9. The number of para-hydroxylation sites is 2. The summed E-state index contributed by atoms with van der Waals surface area (Å²) in [5.41, 5.74) is 16.2. The summed E-state index contributed by atoms with van der Waals surface area (Å²) in [6.07, 6.45) is 8.06. The maximum absolute atomic E-state index is 7.51. The number of nitrogens with two attached hydrogens (primary N) is 1. The van der Waals surface area contributed by atoms with Crippen molar-refractivity contribution in [1.82, 2.24) is 5.32 Å². The molecule has 278 valence electrons. The van der Waals surface area contributed by atoms with Gasteiger partial charge in [0.1, 0.15) is 0 Å². The van der Waals surface area contributed by atoms with E-state index < -0.39 is 11.8 Å². The molecule has 5 nitrogen and oxygen atoms in total. The van der Waals surface area contributed by atoms with E-state index in [0.717, 1.165) is 28.2 Å². The van der Waals surface area contributed by atoms with Crippen LogP contribution in [0.1, 0.15) is 35.7 Å². The summed E-state index contributed by atoms with van der Waals surface area (Å²) in [4.78, 5) is 2.40. The summed E-state index contributed by atoms with van der Waals surface area (Å²) >= 11 is 0. The van der Waals surface area contributed by atoms with Gasteiger partial charge in [0.2, 0.25) is 0 Å². The molecule has 4 atom stereocenters. The number of rotatable bonds is 10. The molecule has 57 heavy (non-hydrogen) atoms. The lowest BCUT2D eigenvalue weighted by Gasteiger charge is -2.51. The molecule has 4 unspecified atom stereocenters. The number of nitrogens with zero attached hydrogens (tertiary/aromatic N) is 2. The van der Waals surface area contributed by atoms with E-state index in [4.69, 9.17) is 11.1 Å². The monoisotopic (exact) mass is 738 g/mol. The second-order valence-electron chi connectivity index (χ2n) is 15.3. The average Bonchev–Trinajstić information content (AvgIpc) is 3.55. The normalized spacial score (nSPS) is 18.1. The summed E-state index contributed by atoms with van der Waals surface area (Å²) in [5.74, 6) is 0.0228. The Balaban J connectivity index is 1.20. The highest BCUT2D eigenvalue weighted by molar-refractivity contribution is 6.28. The largest absolute Gasteiger partial charge is 0.611 e. The first-order chi connectivity index (χ1) is 28.1. The van der Waals surface area contributed by atoms with Crippen LogP contribution >= 0.6 is 0 Å². The lowest BCUT2D eigenvalue weighted by Crippen LogP contribution is -2.54. The zero-order chi connectivity index (χ0) is 38.3. The second-order valence-corrected chi connectivity index (χ2v) is 15.3. The first-order valence-electron chi connectivity index (χ1n) is 19.8. The molecule has 0 fully saturated rings. The van der Waals surface area contributed by atoms with Gasteiger partial charge in [-0.25, -0.2) is 0 Å². The van der Waals surface area contributed by atoms with Gasteiger partial charge in [0, 0.05) is 40.5 Å². The Labute approximate surface area is 334 Å². The van der Waals surface area contributed by atoms with E-state index in [2.05, 4.69) is 204 Å². The van der Waals surface area contributed by atoms with E-state index in [1.54, 1.807) is 0 Å². The fourth-order valence-electron chi connectivity index (χ4n) is 9.28. The minimum Gasteiger partial charge on any atom is -0.611 e. The Morgan fingerprint density at radius 1 is 0.667 bits per heavy atom. The molecule has 10 rings (SSSR count). The van der Waals surface area contributed by atoms with Crippen LogP contribution in [0, 0.1) is 0 Å². The first-order valence-corrected chi connectivity index (χ1v) is 19.8. The number of hydrogen-bond donors (Lipinski definition) is 3. The zero-order valence-electron chi connectivity index (χ0n) is 31.9. The third-order valence-corrected chi connectivity index (χ3v) is 11.9. The molecule has 8 aromatic rings. The Kier molecular flexibility index (Phi) is 8.91. The van der Waals surface area contributed by atoms with Crippen LogP contribution in [-0.2, 0) is 6.54 Å². The highest BCUT2D eigenvalue weighted by atomic mass is 15.4. The number of anilines is 3. The predicted molar refractivity (Wildman–Crippen MR) is 240 cm³/mol. The van der Waals surface area contributed by atoms with E-state index in [0.29, 0.717) is 6.54 Å². The molecule has 2 aliphatic rings. The molecule has 0 bridgehead atoms. The van der Waals surface area contributed by atoms with Gasteiger partial charge in [-0.15, -0.1) is 0 Å². The maximum Gasteiger partial charge on any atom is 0.0661 e. The van der Waals surface area contributed by atoms with Crippen LogP contribution in [0.4, 0.5) is 17.1 Å². The molecule has 1 aliphatic heterocycles. The molecule has 1 heterocycles. The fraction of sp³-hybridized carbons (Fsp3) is 0.115. The van der Waals surface area contributed by atoms with Gasteiger partial charge >= 0.3 is 0 Å². The summed E-state index contributed by atoms with van der Waals surface area (Å²) in [5, 5.41) is 20.3. The van der Waals surface area contributed by atoms with Crippen molar-refractivity contribution in [2.75, 3.05) is 10.2 Å². The molecule has 1 aliphatic carbocycles. The third kappa shape index (κ3) is 6.08. The molecule has 0 radical (unpaired) electrons. The zero-order valence-corrected chi connectivity index (χ0v) is 31.9. The minimum absolute atomic E-state index is 0.0228. The van der Waals surface area contributed by atoms with Gasteiger partial charge in [0.25, 0.3) is 0 Å². The number of benzene rings is 8. The fourth-order valence-corrected chi connectivity index (χ4v) is 9.28. The van der Waals surface area contributed by atoms with Crippen molar-refractivity contribution in [3.05, 3.63) is 216 Å². The lowest BCUT2D eigenvalue weighted by atomic mass is 9.77. The molecule has 8 aromatic carbocycles. The topological polar surface area (TPSA) is 67.4 Å². The van der Waals surface area contributed by atoms with Crippen molar-refractivity contribution in [2.24, 2.45) is 5.73 Å². The molecule has 0 spiro atoms. The van der Waals surface area contributed by atoms with Crippen LogP contribution in [0.25, 0.3) is 48.8 Å². The van der Waals surface area contributed by atoms with Crippen molar-refractivity contribution in [3.8, 4) is 11.1 Å². The molecular weight excluding hydrogens is 695 g/mol. The number of fused-ring (bicyclic) bond motifs is 10. The van der Waals surface area contributed by atoms with Crippen LogP contribution in [-0.4, -0.2) is 11.8 Å². The van der Waals surface area contributed by atoms with Gasteiger partial charge < -0.3 is 26.6 Å². The van der Waals surface area contributed by atoms with E-state index in [9.17, 15) is 0 Å². The van der Waals surface area contributed by atoms with Crippen LogP contribution in [0.2, 0.25) is 0 Å². The molecular formula is C52H44N5-. The Morgan fingerprint density at radius 3 is 2.11 bits per heavy atom. The average molecular weight is 739 g/mol. The molecule has 4 N–H and O–H groups in total. The SMILES string of the molecule is CC12C=CC=CC1c1c(c3ccccc3c3c(-c4ccccc4Nc4ccccc4)cc4ccccc4c13)N2C(N)[N-]C(NCc1ccccc1)c1ccccc1. The van der Waals surface area contributed by atoms with Crippen LogP contribution in [0.5, 0.6) is 0 Å². The molecule has 5 heteroatoms. The van der Waals surface area contributed by atoms with Crippen molar-refractivity contribution in [1.29, 1.82) is 0 Å². The highest BCUT2D eigenvalue weighted by Crippen LogP contribution is 2.59. The quantitative estimate of drug-likeness (QED) is 0.122. The van der Waals surface area contributed by atoms with Crippen molar-refractivity contribution < 1.29 is 0 Å². The van der Waals surface area contributed by atoms with Gasteiger partial charge in [0.15, 0.2) is 0 Å². The van der Waals surface area contributed by atoms with E-state index >= 15 is 0 Å². The van der Waals surface area contributed by atoms with E-state index in [1.165, 1.54) is 49.0 Å². The van der Waals surface area contributed by atoms with Crippen LogP contribution < -0.4 is 21.3 Å². The summed E-state index contributed by atoms with van der Waals surface area (Å²) in [6, 6.07) is 60.2. The van der Waals surface area contributed by atoms with Crippen LogP contribution in [0.15, 0.2) is 194 Å². The lowest BCUT2D eigenvalue weighted by molar-refractivity contribution is 0.447. The summed E-state index contributed by atoms with van der Waals surface area (Å²) in [7, 11) is 0. The molecule has 0 saturated carbocycles. The Bertz CT molecular complexity index is 2800. The Hall–Kier alpha value is -6.50. The molecule has 0 saturated heterocycles. The van der Waals surface area contributed by atoms with E-state index in [-0.39, 0.29) is 12.1 Å². The number of allylic oxidation sites excluding steroid dienone is 2. The van der Waals surface area contributed by atoms with Gasteiger partial charge in [-0.2, -0.15) is 0 Å². The standard InChI is InChI=1S/C52H44N5/c1-52-32-18-17-30-44(52)48-47-39-26-12-11-23-37(39)33-43(40-27-15-16-31-45(40)55-38-24-9-4-10-25-38)46(47)41-28-13-14-29-42(41)49(48)57(52)51(53)56-50(36-21-7-3-8-22-36)54-34-35-19-5-2-6-20-35/h2-33,44,50-51,54-55H,34,53H2,1H3/q-1. The maximum atomic E-state index is 7.51. The summed E-state index contributed by atoms with van der Waals surface area (Å²) in [6.45, 7) is 2.99. The second kappa shape index (κ2) is 14.5. The first kappa shape index (κ1) is 35.0. The summed E-state index contributed by atoms with van der Waals surface area (Å²) < 4.78 is 0. The highest BCUT2D eigenvalue weighted by Gasteiger charge is 2.49. The molecule has 0 amide bonds. The number of nitrogens with one attached hydrogen (secondary N) is 2. The van der Waals surface area contributed by atoms with E-state index in [1.807, 2.05) is 12.1 Å². The van der Waals surface area contributed by atoms with Crippen LogP contribution in [0.3, 0.4) is 0 Å². The van der Waals surface area contributed by atoms with Gasteiger partial charge in [-0.3, -0.25) is 0 Å². The van der Waals surface area contributed by atoms with Gasteiger partial charge in [0.05, 0.1) is 5.54 Å². The Morgan fingerprint density at radius 2 is 1.32 bits per heavy atom. The van der Waals surface area contributed by atoms with Crippen molar-refractivity contribution in [2.45, 2.75) is 37.4 Å². The number of hydrogen-bond acceptors (Lipinski definition) is 4. The van der Waals surface area contributed by atoms with Gasteiger partial charge in [-0.1, -0.05) is 182 Å². The molecule has 0 aromatic heterocycles. The minimum atomic E-state index is -0.672. The predicted octanol–water partition coefficient (Wildman–Crippen LogP) is 12.4. The smallest absolute Gasteiger partial charge is 0.0661 e. The van der Waals surface area contributed by atoms with Crippen molar-refractivity contribution in [3.63, 3.8) is 0 Å². The van der Waals surface area contributed by atoms with Crippen molar-refractivity contribution >= 4 is 49.4 Å². The van der Waals surface area contributed by atoms with Gasteiger partial charge in [-0.05, 0) is 81.1 Å².